The number of rotatable bonds is 2. The minimum absolute atomic E-state index is 0.194. The summed E-state index contributed by atoms with van der Waals surface area (Å²) in [5.41, 5.74) is 0.611. The number of carbonyl (C=O) groups is 1. The van der Waals surface area contributed by atoms with Gasteiger partial charge in [-0.3, -0.25) is 14.7 Å². The molecule has 0 aliphatic heterocycles. The van der Waals surface area contributed by atoms with E-state index in [1.807, 2.05) is 6.92 Å². The van der Waals surface area contributed by atoms with Gasteiger partial charge in [0.1, 0.15) is 5.52 Å². The molecule has 2 aromatic rings. The van der Waals surface area contributed by atoms with E-state index in [1.54, 1.807) is 7.05 Å². The van der Waals surface area contributed by atoms with Crippen LogP contribution >= 0.6 is 0 Å². The van der Waals surface area contributed by atoms with Crippen molar-refractivity contribution in [3.8, 4) is 0 Å². The van der Waals surface area contributed by atoms with Gasteiger partial charge in [0.2, 0.25) is 0 Å². The Morgan fingerprint density at radius 3 is 3.06 bits per heavy atom. The summed E-state index contributed by atoms with van der Waals surface area (Å²) < 4.78 is 1.37. The number of aromatic nitrogens is 3. The van der Waals surface area contributed by atoms with Gasteiger partial charge in [-0.15, -0.1) is 0 Å². The standard InChI is InChI=1S/C10H12N4O2/c1-3-11-9(15)7-5-14(2)10(16)8-6(7)4-12-13-8/h4-5H,3H2,1-2H3,(H,11,15)(H,12,13). The molecule has 0 saturated heterocycles. The van der Waals surface area contributed by atoms with Crippen LogP contribution in [0.1, 0.15) is 17.3 Å². The fourth-order valence-corrected chi connectivity index (χ4v) is 1.59. The SMILES string of the molecule is CCNC(=O)c1cn(C)c(=O)c2[nH]ncc12. The van der Waals surface area contributed by atoms with Gasteiger partial charge in [-0.05, 0) is 6.92 Å². The van der Waals surface area contributed by atoms with Gasteiger partial charge in [-0.1, -0.05) is 0 Å². The summed E-state index contributed by atoms with van der Waals surface area (Å²) in [5, 5.41) is 9.64. The molecule has 0 aromatic carbocycles. The van der Waals surface area contributed by atoms with E-state index in [0.29, 0.717) is 23.0 Å². The van der Waals surface area contributed by atoms with Crippen LogP contribution in [0.15, 0.2) is 17.2 Å². The number of pyridine rings is 1. The number of fused-ring (bicyclic) bond motifs is 1. The van der Waals surface area contributed by atoms with Gasteiger partial charge < -0.3 is 9.88 Å². The summed E-state index contributed by atoms with van der Waals surface area (Å²) in [6.07, 6.45) is 3.01. The lowest BCUT2D eigenvalue weighted by atomic mass is 10.2. The van der Waals surface area contributed by atoms with Crippen molar-refractivity contribution in [1.82, 2.24) is 20.1 Å². The summed E-state index contributed by atoms with van der Waals surface area (Å²) in [5.74, 6) is -0.204. The second-order valence-corrected chi connectivity index (χ2v) is 3.48. The molecule has 0 radical (unpaired) electrons. The van der Waals surface area contributed by atoms with Gasteiger partial charge in [-0.2, -0.15) is 5.10 Å². The van der Waals surface area contributed by atoms with Crippen LogP contribution in [-0.4, -0.2) is 27.2 Å². The van der Waals surface area contributed by atoms with Crippen molar-refractivity contribution in [3.63, 3.8) is 0 Å². The predicted molar refractivity (Wildman–Crippen MR) is 59.3 cm³/mol. The van der Waals surface area contributed by atoms with Crippen LogP contribution in [0.5, 0.6) is 0 Å². The number of nitrogens with one attached hydrogen (secondary N) is 2. The van der Waals surface area contributed by atoms with E-state index in [9.17, 15) is 9.59 Å². The van der Waals surface area contributed by atoms with Crippen molar-refractivity contribution in [2.75, 3.05) is 6.54 Å². The monoisotopic (exact) mass is 220 g/mol. The molecule has 0 aliphatic carbocycles. The zero-order chi connectivity index (χ0) is 11.7. The molecule has 2 rings (SSSR count). The number of nitrogens with zero attached hydrogens (tertiary/aromatic N) is 2. The second kappa shape index (κ2) is 3.80. The third-order valence-corrected chi connectivity index (χ3v) is 2.37. The van der Waals surface area contributed by atoms with Crippen molar-refractivity contribution in [3.05, 3.63) is 28.3 Å². The van der Waals surface area contributed by atoms with Crippen molar-refractivity contribution in [1.29, 1.82) is 0 Å². The van der Waals surface area contributed by atoms with E-state index in [1.165, 1.54) is 17.0 Å². The first-order chi connectivity index (χ1) is 7.65. The summed E-state index contributed by atoms with van der Waals surface area (Å²) in [6.45, 7) is 2.38. The number of amides is 1. The molecule has 0 fully saturated rings. The lowest BCUT2D eigenvalue weighted by molar-refractivity contribution is 0.0957. The molecule has 84 valence electrons. The van der Waals surface area contributed by atoms with E-state index in [-0.39, 0.29) is 11.5 Å². The zero-order valence-electron chi connectivity index (χ0n) is 9.07. The maximum absolute atomic E-state index is 11.8. The van der Waals surface area contributed by atoms with Gasteiger partial charge in [0.05, 0.1) is 11.8 Å². The molecule has 0 unspecified atom stereocenters. The molecule has 6 heteroatoms. The molecule has 0 aliphatic rings. The fourth-order valence-electron chi connectivity index (χ4n) is 1.59. The first kappa shape index (κ1) is 10.4. The highest BCUT2D eigenvalue weighted by Crippen LogP contribution is 2.12. The molecule has 2 aromatic heterocycles. The number of hydrogen-bond donors (Lipinski definition) is 2. The van der Waals surface area contributed by atoms with E-state index in [2.05, 4.69) is 15.5 Å². The van der Waals surface area contributed by atoms with Crippen LogP contribution in [0, 0.1) is 0 Å². The van der Waals surface area contributed by atoms with Crippen LogP contribution < -0.4 is 10.9 Å². The molecule has 2 N–H and O–H groups in total. The molecule has 1 amide bonds. The number of aryl methyl sites for hydroxylation is 1. The van der Waals surface area contributed by atoms with Gasteiger partial charge >= 0.3 is 0 Å². The first-order valence-electron chi connectivity index (χ1n) is 4.96. The number of H-pyrrole nitrogens is 1. The average Bonchev–Trinajstić information content (AvgIpc) is 2.72. The molecule has 6 nitrogen and oxygen atoms in total. The zero-order valence-corrected chi connectivity index (χ0v) is 9.07. The maximum Gasteiger partial charge on any atom is 0.276 e. The van der Waals surface area contributed by atoms with Gasteiger partial charge in [0.15, 0.2) is 0 Å². The summed E-state index contributed by atoms with van der Waals surface area (Å²) in [6, 6.07) is 0. The van der Waals surface area contributed by atoms with Gasteiger partial charge in [0.25, 0.3) is 11.5 Å². The number of aromatic amines is 1. The highest BCUT2D eigenvalue weighted by molar-refractivity contribution is 6.05. The molecule has 0 bridgehead atoms. The molecule has 16 heavy (non-hydrogen) atoms. The molecule has 2 heterocycles. The lowest BCUT2D eigenvalue weighted by Gasteiger charge is -2.05. The molecular weight excluding hydrogens is 208 g/mol. The van der Waals surface area contributed by atoms with Crippen LogP contribution in [0.3, 0.4) is 0 Å². The topological polar surface area (TPSA) is 79.8 Å². The predicted octanol–water partition coefficient (Wildman–Crippen LogP) is 0.0113. The molecular formula is C10H12N4O2. The van der Waals surface area contributed by atoms with E-state index in [0.717, 1.165) is 0 Å². The second-order valence-electron chi connectivity index (χ2n) is 3.48. The fraction of sp³-hybridized carbons (Fsp3) is 0.300. The Balaban J connectivity index is 2.70. The van der Waals surface area contributed by atoms with Crippen molar-refractivity contribution < 1.29 is 4.79 Å². The van der Waals surface area contributed by atoms with E-state index < -0.39 is 0 Å². The van der Waals surface area contributed by atoms with Crippen LogP contribution in [0.4, 0.5) is 0 Å². The Morgan fingerprint density at radius 2 is 2.38 bits per heavy atom. The Bertz CT molecular complexity index is 596. The third kappa shape index (κ3) is 1.48. The Hall–Kier alpha value is -2.11. The first-order valence-corrected chi connectivity index (χ1v) is 4.96. The quantitative estimate of drug-likeness (QED) is 0.748. The minimum Gasteiger partial charge on any atom is -0.352 e. The Labute approximate surface area is 91.3 Å². The summed E-state index contributed by atoms with van der Waals surface area (Å²) in [4.78, 5) is 23.4. The normalized spacial score (nSPS) is 10.6. The lowest BCUT2D eigenvalue weighted by Crippen LogP contribution is -2.26. The smallest absolute Gasteiger partial charge is 0.276 e. The number of carbonyl (C=O) groups excluding carboxylic acids is 1. The Morgan fingerprint density at radius 1 is 1.62 bits per heavy atom. The minimum atomic E-state index is -0.204. The van der Waals surface area contributed by atoms with Crippen LogP contribution in [0.2, 0.25) is 0 Å². The molecule has 0 saturated carbocycles. The van der Waals surface area contributed by atoms with Crippen LogP contribution in [-0.2, 0) is 7.05 Å². The summed E-state index contributed by atoms with van der Waals surface area (Å²) in [7, 11) is 1.60. The van der Waals surface area contributed by atoms with Crippen molar-refractivity contribution in [2.24, 2.45) is 7.05 Å². The van der Waals surface area contributed by atoms with Crippen molar-refractivity contribution in [2.45, 2.75) is 6.92 Å². The number of hydrogen-bond acceptors (Lipinski definition) is 3. The van der Waals surface area contributed by atoms with Gasteiger partial charge in [-0.25, -0.2) is 0 Å². The van der Waals surface area contributed by atoms with E-state index >= 15 is 0 Å². The molecule has 0 spiro atoms. The van der Waals surface area contributed by atoms with Crippen molar-refractivity contribution >= 4 is 16.8 Å². The third-order valence-electron chi connectivity index (χ3n) is 2.37. The highest BCUT2D eigenvalue weighted by atomic mass is 16.2. The Kier molecular flexibility index (Phi) is 2.47. The summed E-state index contributed by atoms with van der Waals surface area (Å²) >= 11 is 0. The largest absolute Gasteiger partial charge is 0.352 e. The molecule has 0 atom stereocenters. The van der Waals surface area contributed by atoms with E-state index in [4.69, 9.17) is 0 Å². The average molecular weight is 220 g/mol. The van der Waals surface area contributed by atoms with Gasteiger partial charge in [0, 0.05) is 25.2 Å². The maximum atomic E-state index is 11.8. The van der Waals surface area contributed by atoms with Crippen LogP contribution in [0.25, 0.3) is 10.9 Å². The highest BCUT2D eigenvalue weighted by Gasteiger charge is 2.14.